The van der Waals surface area contributed by atoms with Crippen LogP contribution in [0.25, 0.3) is 0 Å². The minimum atomic E-state index is 0.690. The molecule has 0 radical (unpaired) electrons. The Morgan fingerprint density at radius 2 is 2.67 bits per heavy atom. The third kappa shape index (κ3) is 2.26. The molecule has 3 heteroatoms. The Labute approximate surface area is 59.4 Å². The molecule has 1 saturated heterocycles. The molecule has 1 aliphatic heterocycles. The third-order valence-corrected chi connectivity index (χ3v) is 2.85. The lowest BCUT2D eigenvalue weighted by Gasteiger charge is -2.04. The maximum Gasteiger partial charge on any atom is 0.207 e. The molecular formula is C6H11NOS. The van der Waals surface area contributed by atoms with Gasteiger partial charge in [0.05, 0.1) is 0 Å². The molecule has 1 unspecified atom stereocenters. The van der Waals surface area contributed by atoms with E-state index in [1.165, 1.54) is 18.6 Å². The van der Waals surface area contributed by atoms with Crippen LogP contribution in [0.5, 0.6) is 0 Å². The van der Waals surface area contributed by atoms with E-state index in [2.05, 4.69) is 5.32 Å². The summed E-state index contributed by atoms with van der Waals surface area (Å²) in [5, 5.41) is 3.38. The molecule has 0 spiro atoms. The number of nitrogens with one attached hydrogen (secondary N) is 1. The Kier molecular flexibility index (Phi) is 2.91. The first-order chi connectivity index (χ1) is 4.43. The molecule has 0 aromatic rings. The monoisotopic (exact) mass is 145 g/mol. The van der Waals surface area contributed by atoms with E-state index in [1.807, 2.05) is 11.8 Å². The lowest BCUT2D eigenvalue weighted by molar-refractivity contribution is -0.109. The third-order valence-electron chi connectivity index (χ3n) is 1.45. The molecule has 0 aliphatic carbocycles. The summed E-state index contributed by atoms with van der Waals surface area (Å²) in [6.45, 7) is 0.855. The van der Waals surface area contributed by atoms with Gasteiger partial charge in [-0.15, -0.1) is 0 Å². The average molecular weight is 145 g/mol. The van der Waals surface area contributed by atoms with Crippen molar-refractivity contribution in [3.05, 3.63) is 0 Å². The Balaban J connectivity index is 2.04. The minimum Gasteiger partial charge on any atom is -0.358 e. The highest BCUT2D eigenvalue weighted by Crippen LogP contribution is 2.24. The fourth-order valence-electron chi connectivity index (χ4n) is 0.985. The summed E-state index contributed by atoms with van der Waals surface area (Å²) >= 11 is 1.96. The number of amides is 1. The number of rotatable bonds is 3. The first-order valence-corrected chi connectivity index (χ1v) is 4.27. The molecule has 2 nitrogen and oxygen atoms in total. The van der Waals surface area contributed by atoms with E-state index in [4.69, 9.17) is 0 Å². The van der Waals surface area contributed by atoms with Crippen molar-refractivity contribution in [3.8, 4) is 0 Å². The second-order valence-corrected chi connectivity index (χ2v) is 3.57. The van der Waals surface area contributed by atoms with Crippen molar-refractivity contribution in [2.24, 2.45) is 0 Å². The second-order valence-electron chi connectivity index (χ2n) is 2.16. The highest BCUT2D eigenvalue weighted by molar-refractivity contribution is 8.00. The van der Waals surface area contributed by atoms with Crippen molar-refractivity contribution in [2.75, 3.05) is 12.3 Å². The average Bonchev–Trinajstić information content (AvgIpc) is 2.34. The van der Waals surface area contributed by atoms with E-state index in [0.29, 0.717) is 5.25 Å². The Hall–Kier alpha value is -0.180. The van der Waals surface area contributed by atoms with Gasteiger partial charge in [-0.25, -0.2) is 0 Å². The van der Waals surface area contributed by atoms with Crippen LogP contribution in [0.2, 0.25) is 0 Å². The molecule has 9 heavy (non-hydrogen) atoms. The molecule has 0 saturated carbocycles. The van der Waals surface area contributed by atoms with Crippen molar-refractivity contribution < 1.29 is 4.79 Å². The number of hydrogen-bond acceptors (Lipinski definition) is 2. The molecule has 0 bridgehead atoms. The Bertz CT molecular complexity index is 91.1. The van der Waals surface area contributed by atoms with Crippen molar-refractivity contribution in [1.29, 1.82) is 0 Å². The molecule has 1 N–H and O–H groups in total. The fourth-order valence-corrected chi connectivity index (χ4v) is 2.20. The summed E-state index contributed by atoms with van der Waals surface area (Å²) in [6.07, 6.45) is 3.36. The molecule has 0 aromatic carbocycles. The molecule has 1 heterocycles. The lowest BCUT2D eigenvalue weighted by Crippen LogP contribution is -2.21. The lowest BCUT2D eigenvalue weighted by atomic mass is 10.2. The van der Waals surface area contributed by atoms with Gasteiger partial charge in [-0.2, -0.15) is 11.8 Å². The summed E-state index contributed by atoms with van der Waals surface area (Å²) in [7, 11) is 0. The van der Waals surface area contributed by atoms with E-state index in [9.17, 15) is 4.79 Å². The van der Waals surface area contributed by atoms with Crippen LogP contribution in [0.1, 0.15) is 12.8 Å². The van der Waals surface area contributed by atoms with Crippen LogP contribution in [-0.4, -0.2) is 24.0 Å². The van der Waals surface area contributed by atoms with Gasteiger partial charge in [-0.3, -0.25) is 4.79 Å². The van der Waals surface area contributed by atoms with Crippen LogP contribution in [0.15, 0.2) is 0 Å². The van der Waals surface area contributed by atoms with Gasteiger partial charge in [-0.1, -0.05) is 0 Å². The molecular weight excluding hydrogens is 134 g/mol. The van der Waals surface area contributed by atoms with Gasteiger partial charge in [0.1, 0.15) is 0 Å². The molecule has 1 rings (SSSR count). The van der Waals surface area contributed by atoms with Crippen molar-refractivity contribution in [2.45, 2.75) is 18.1 Å². The maximum absolute atomic E-state index is 9.84. The maximum atomic E-state index is 9.84. The largest absolute Gasteiger partial charge is 0.358 e. The van der Waals surface area contributed by atoms with E-state index in [-0.39, 0.29) is 0 Å². The Morgan fingerprint density at radius 3 is 3.22 bits per heavy atom. The van der Waals surface area contributed by atoms with Gasteiger partial charge in [0.15, 0.2) is 0 Å². The van der Waals surface area contributed by atoms with Crippen molar-refractivity contribution in [1.82, 2.24) is 5.32 Å². The molecule has 52 valence electrons. The summed E-state index contributed by atoms with van der Waals surface area (Å²) < 4.78 is 0. The highest BCUT2D eigenvalue weighted by atomic mass is 32.2. The van der Waals surface area contributed by atoms with Crippen molar-refractivity contribution >= 4 is 18.2 Å². The summed E-state index contributed by atoms with van der Waals surface area (Å²) in [5.74, 6) is 1.27. The zero-order chi connectivity index (χ0) is 6.53. The second kappa shape index (κ2) is 3.77. The van der Waals surface area contributed by atoms with Gasteiger partial charge in [-0.05, 0) is 18.6 Å². The Morgan fingerprint density at radius 1 is 1.78 bits per heavy atom. The fraction of sp³-hybridized carbons (Fsp3) is 0.833. The van der Waals surface area contributed by atoms with Crippen LogP contribution in [-0.2, 0) is 4.79 Å². The first kappa shape index (κ1) is 6.93. The summed E-state index contributed by atoms with van der Waals surface area (Å²) in [5.41, 5.74) is 0. The molecule has 1 amide bonds. The van der Waals surface area contributed by atoms with Crippen LogP contribution < -0.4 is 5.32 Å². The number of carbonyl (C=O) groups is 1. The molecule has 1 atom stereocenters. The quantitative estimate of drug-likeness (QED) is 0.590. The highest BCUT2D eigenvalue weighted by Gasteiger charge is 2.13. The number of hydrogen-bond donors (Lipinski definition) is 1. The predicted octanol–water partition coefficient (Wildman–Crippen LogP) is 0.628. The van der Waals surface area contributed by atoms with Gasteiger partial charge in [0, 0.05) is 11.8 Å². The smallest absolute Gasteiger partial charge is 0.207 e. The van der Waals surface area contributed by atoms with Crippen LogP contribution in [0.3, 0.4) is 0 Å². The van der Waals surface area contributed by atoms with Crippen LogP contribution >= 0.6 is 11.8 Å². The van der Waals surface area contributed by atoms with E-state index >= 15 is 0 Å². The number of carbonyl (C=O) groups excluding carboxylic acids is 1. The molecule has 0 aromatic heterocycles. The zero-order valence-electron chi connectivity index (χ0n) is 5.30. The number of thioether (sulfide) groups is 1. The normalized spacial score (nSPS) is 26.0. The van der Waals surface area contributed by atoms with Gasteiger partial charge in [0.2, 0.25) is 6.41 Å². The van der Waals surface area contributed by atoms with Crippen molar-refractivity contribution in [3.63, 3.8) is 0 Å². The molecule has 1 aliphatic rings. The molecule has 1 fully saturated rings. The van der Waals surface area contributed by atoms with Gasteiger partial charge >= 0.3 is 0 Å². The van der Waals surface area contributed by atoms with E-state index in [1.54, 1.807) is 0 Å². The SMILES string of the molecule is O=CNCC1CCCS1. The standard InChI is InChI=1S/C6H11NOS/c8-5-7-4-6-2-1-3-9-6/h5-6H,1-4H2,(H,7,8). The first-order valence-electron chi connectivity index (χ1n) is 3.22. The minimum absolute atomic E-state index is 0.690. The summed E-state index contributed by atoms with van der Waals surface area (Å²) in [6, 6.07) is 0. The van der Waals surface area contributed by atoms with Gasteiger partial charge < -0.3 is 5.32 Å². The van der Waals surface area contributed by atoms with E-state index < -0.39 is 0 Å². The zero-order valence-corrected chi connectivity index (χ0v) is 6.12. The van der Waals surface area contributed by atoms with Crippen LogP contribution in [0.4, 0.5) is 0 Å². The summed E-state index contributed by atoms with van der Waals surface area (Å²) in [4.78, 5) is 9.84. The van der Waals surface area contributed by atoms with Gasteiger partial charge in [0.25, 0.3) is 0 Å². The van der Waals surface area contributed by atoms with Crippen LogP contribution in [0, 0.1) is 0 Å². The predicted molar refractivity (Wildman–Crippen MR) is 39.5 cm³/mol. The topological polar surface area (TPSA) is 29.1 Å². The van der Waals surface area contributed by atoms with E-state index in [0.717, 1.165) is 13.0 Å².